The number of pyridine rings is 1. The molecule has 1 aliphatic rings. The standard InChI is InChI=1S/C18H22N2O/c1-12-7-8-16(13(2)9-12)20-17-6-4-3-5-14(17)10-15(11-19)18(20)21/h7-10H,3-6,11,19H2,1-2H3. The average Bonchev–Trinajstić information content (AvgIpc) is 2.48. The summed E-state index contributed by atoms with van der Waals surface area (Å²) in [5, 5.41) is 0. The number of aryl methyl sites for hydroxylation is 3. The van der Waals surface area contributed by atoms with Gasteiger partial charge in [-0.3, -0.25) is 9.36 Å². The largest absolute Gasteiger partial charge is 0.326 e. The summed E-state index contributed by atoms with van der Waals surface area (Å²) in [5.41, 5.74) is 12.4. The molecule has 0 aliphatic heterocycles. The van der Waals surface area contributed by atoms with Gasteiger partial charge in [0, 0.05) is 17.8 Å². The molecule has 0 radical (unpaired) electrons. The number of hydrogen-bond donors (Lipinski definition) is 1. The van der Waals surface area contributed by atoms with Gasteiger partial charge in [-0.05, 0) is 62.8 Å². The Morgan fingerprint density at radius 1 is 1.14 bits per heavy atom. The second-order valence-corrected chi connectivity index (χ2v) is 5.98. The average molecular weight is 282 g/mol. The molecule has 3 nitrogen and oxygen atoms in total. The second kappa shape index (κ2) is 5.49. The third-order valence-corrected chi connectivity index (χ3v) is 4.39. The number of nitrogens with two attached hydrogens (primary N) is 1. The summed E-state index contributed by atoms with van der Waals surface area (Å²) in [6.07, 6.45) is 4.37. The lowest BCUT2D eigenvalue weighted by molar-refractivity contribution is 0.640. The van der Waals surface area contributed by atoms with Crippen molar-refractivity contribution in [2.24, 2.45) is 5.73 Å². The molecular weight excluding hydrogens is 260 g/mol. The van der Waals surface area contributed by atoms with E-state index in [9.17, 15) is 4.79 Å². The van der Waals surface area contributed by atoms with Crippen LogP contribution in [0.2, 0.25) is 0 Å². The molecule has 1 aromatic heterocycles. The van der Waals surface area contributed by atoms with Crippen LogP contribution in [-0.2, 0) is 19.4 Å². The molecule has 2 N–H and O–H groups in total. The maximum Gasteiger partial charge on any atom is 0.259 e. The lowest BCUT2D eigenvalue weighted by atomic mass is 9.93. The number of fused-ring (bicyclic) bond motifs is 1. The van der Waals surface area contributed by atoms with E-state index in [4.69, 9.17) is 5.73 Å². The van der Waals surface area contributed by atoms with E-state index >= 15 is 0 Å². The van der Waals surface area contributed by atoms with E-state index in [2.05, 4.69) is 32.0 Å². The Bertz CT molecular complexity index is 744. The van der Waals surface area contributed by atoms with Crippen molar-refractivity contribution in [2.45, 2.75) is 46.1 Å². The normalized spacial score (nSPS) is 14.0. The van der Waals surface area contributed by atoms with E-state index in [1.807, 2.05) is 10.6 Å². The molecular formula is C18H22N2O. The number of hydrogen-bond acceptors (Lipinski definition) is 2. The van der Waals surface area contributed by atoms with Crippen LogP contribution in [0.3, 0.4) is 0 Å². The van der Waals surface area contributed by atoms with Gasteiger partial charge in [0.2, 0.25) is 0 Å². The molecule has 110 valence electrons. The quantitative estimate of drug-likeness (QED) is 0.920. The van der Waals surface area contributed by atoms with Crippen molar-refractivity contribution in [1.82, 2.24) is 4.57 Å². The topological polar surface area (TPSA) is 48.0 Å². The highest BCUT2D eigenvalue weighted by atomic mass is 16.1. The molecule has 0 amide bonds. The molecule has 3 rings (SSSR count). The predicted molar refractivity (Wildman–Crippen MR) is 86.0 cm³/mol. The first-order valence-corrected chi connectivity index (χ1v) is 7.66. The van der Waals surface area contributed by atoms with Crippen LogP contribution in [-0.4, -0.2) is 4.57 Å². The molecule has 2 aromatic rings. The van der Waals surface area contributed by atoms with E-state index in [0.717, 1.165) is 36.1 Å². The minimum absolute atomic E-state index is 0.0464. The number of rotatable bonds is 2. The lowest BCUT2D eigenvalue weighted by Crippen LogP contribution is -2.30. The van der Waals surface area contributed by atoms with Crippen LogP contribution in [0.25, 0.3) is 5.69 Å². The van der Waals surface area contributed by atoms with Crippen molar-refractivity contribution >= 4 is 0 Å². The summed E-state index contributed by atoms with van der Waals surface area (Å²) in [7, 11) is 0. The van der Waals surface area contributed by atoms with Gasteiger partial charge in [-0.2, -0.15) is 0 Å². The first-order chi connectivity index (χ1) is 10.1. The monoisotopic (exact) mass is 282 g/mol. The van der Waals surface area contributed by atoms with Crippen LogP contribution in [0, 0.1) is 13.8 Å². The van der Waals surface area contributed by atoms with Gasteiger partial charge in [0.05, 0.1) is 5.69 Å². The first kappa shape index (κ1) is 14.1. The molecule has 21 heavy (non-hydrogen) atoms. The highest BCUT2D eigenvalue weighted by Crippen LogP contribution is 2.25. The zero-order chi connectivity index (χ0) is 15.0. The summed E-state index contributed by atoms with van der Waals surface area (Å²) in [5.74, 6) is 0. The zero-order valence-electron chi connectivity index (χ0n) is 12.8. The van der Waals surface area contributed by atoms with Crippen molar-refractivity contribution in [1.29, 1.82) is 0 Å². The molecule has 0 saturated carbocycles. The Labute approximate surface area is 125 Å². The number of benzene rings is 1. The van der Waals surface area contributed by atoms with E-state index in [0.29, 0.717) is 6.54 Å². The Hall–Kier alpha value is -1.87. The SMILES string of the molecule is Cc1ccc(-n2c3c(cc(CN)c2=O)CCCC3)c(C)c1. The minimum atomic E-state index is 0.0464. The van der Waals surface area contributed by atoms with Gasteiger partial charge in [0.15, 0.2) is 0 Å². The van der Waals surface area contributed by atoms with E-state index < -0.39 is 0 Å². The molecule has 0 spiro atoms. The van der Waals surface area contributed by atoms with Gasteiger partial charge < -0.3 is 5.73 Å². The van der Waals surface area contributed by atoms with Crippen LogP contribution < -0.4 is 11.3 Å². The smallest absolute Gasteiger partial charge is 0.259 e. The van der Waals surface area contributed by atoms with E-state index in [-0.39, 0.29) is 5.56 Å². The molecule has 0 saturated heterocycles. The van der Waals surface area contributed by atoms with Crippen molar-refractivity contribution in [3.63, 3.8) is 0 Å². The fourth-order valence-electron chi connectivity index (χ4n) is 3.32. The van der Waals surface area contributed by atoms with Gasteiger partial charge in [-0.25, -0.2) is 0 Å². The Kier molecular flexibility index (Phi) is 3.68. The fraction of sp³-hybridized carbons (Fsp3) is 0.389. The van der Waals surface area contributed by atoms with Crippen LogP contribution in [0.15, 0.2) is 29.1 Å². The summed E-state index contributed by atoms with van der Waals surface area (Å²) in [6, 6.07) is 8.28. The number of nitrogens with zero attached hydrogens (tertiary/aromatic N) is 1. The maximum absolute atomic E-state index is 12.8. The maximum atomic E-state index is 12.8. The molecule has 0 unspecified atom stereocenters. The Morgan fingerprint density at radius 3 is 2.62 bits per heavy atom. The van der Waals surface area contributed by atoms with Crippen molar-refractivity contribution in [2.75, 3.05) is 0 Å². The van der Waals surface area contributed by atoms with Crippen molar-refractivity contribution in [3.8, 4) is 5.69 Å². The highest BCUT2D eigenvalue weighted by molar-refractivity contribution is 5.46. The Balaban J connectivity index is 2.32. The molecule has 1 aromatic carbocycles. The summed E-state index contributed by atoms with van der Waals surface area (Å²) < 4.78 is 1.91. The van der Waals surface area contributed by atoms with Gasteiger partial charge in [-0.15, -0.1) is 0 Å². The molecule has 1 heterocycles. The van der Waals surface area contributed by atoms with Crippen LogP contribution in [0.5, 0.6) is 0 Å². The lowest BCUT2D eigenvalue weighted by Gasteiger charge is -2.23. The van der Waals surface area contributed by atoms with Crippen LogP contribution in [0.4, 0.5) is 0 Å². The zero-order valence-corrected chi connectivity index (χ0v) is 12.8. The fourth-order valence-corrected chi connectivity index (χ4v) is 3.32. The summed E-state index contributed by atoms with van der Waals surface area (Å²) in [4.78, 5) is 12.8. The van der Waals surface area contributed by atoms with E-state index in [1.165, 1.54) is 23.2 Å². The Morgan fingerprint density at radius 2 is 1.90 bits per heavy atom. The predicted octanol–water partition coefficient (Wildman–Crippen LogP) is 2.79. The van der Waals surface area contributed by atoms with Crippen molar-refractivity contribution in [3.05, 3.63) is 62.6 Å². The molecule has 0 bridgehead atoms. The first-order valence-electron chi connectivity index (χ1n) is 7.66. The van der Waals surface area contributed by atoms with Gasteiger partial charge in [-0.1, -0.05) is 17.7 Å². The van der Waals surface area contributed by atoms with Crippen LogP contribution >= 0.6 is 0 Å². The highest BCUT2D eigenvalue weighted by Gasteiger charge is 2.19. The minimum Gasteiger partial charge on any atom is -0.326 e. The van der Waals surface area contributed by atoms with Crippen LogP contribution in [0.1, 0.15) is 40.8 Å². The third-order valence-electron chi connectivity index (χ3n) is 4.39. The second-order valence-electron chi connectivity index (χ2n) is 5.98. The molecule has 3 heteroatoms. The summed E-state index contributed by atoms with van der Waals surface area (Å²) in [6.45, 7) is 4.45. The molecule has 1 aliphatic carbocycles. The molecule has 0 atom stereocenters. The van der Waals surface area contributed by atoms with E-state index in [1.54, 1.807) is 0 Å². The van der Waals surface area contributed by atoms with Gasteiger partial charge >= 0.3 is 0 Å². The van der Waals surface area contributed by atoms with Gasteiger partial charge in [0.25, 0.3) is 5.56 Å². The summed E-state index contributed by atoms with van der Waals surface area (Å²) >= 11 is 0. The van der Waals surface area contributed by atoms with Gasteiger partial charge in [0.1, 0.15) is 0 Å². The molecule has 0 fully saturated rings. The third kappa shape index (κ3) is 2.42. The number of aromatic nitrogens is 1. The van der Waals surface area contributed by atoms with Crippen molar-refractivity contribution < 1.29 is 0 Å².